The van der Waals surface area contributed by atoms with E-state index in [0.717, 1.165) is 37.8 Å². The third kappa shape index (κ3) is 5.91. The number of hydrogen-bond donors (Lipinski definition) is 1. The van der Waals surface area contributed by atoms with Crippen molar-refractivity contribution in [1.82, 2.24) is 8.61 Å². The van der Waals surface area contributed by atoms with E-state index >= 15 is 0 Å². The summed E-state index contributed by atoms with van der Waals surface area (Å²) in [4.78, 5) is 13.1. The summed E-state index contributed by atoms with van der Waals surface area (Å²) >= 11 is 0. The lowest BCUT2D eigenvalue weighted by atomic mass is 9.99. The van der Waals surface area contributed by atoms with E-state index in [-0.39, 0.29) is 28.8 Å². The molecular weight excluding hydrogens is 493 g/mol. The van der Waals surface area contributed by atoms with Crippen molar-refractivity contribution in [2.75, 3.05) is 31.5 Å². The van der Waals surface area contributed by atoms with Crippen molar-refractivity contribution in [3.8, 4) is 0 Å². The van der Waals surface area contributed by atoms with E-state index in [1.165, 1.54) is 32.9 Å². The molecule has 2 fully saturated rings. The first-order chi connectivity index (χ1) is 16.7. The molecule has 35 heavy (non-hydrogen) atoms. The smallest absolute Gasteiger partial charge is 0.243 e. The standard InChI is InChI=1S/C24H30FN3O5S2/c25-20-7-11-22(12-8-20)35(32,33)28-17-5-6-19(18-28)24(29)26-21-9-13-23(14-10-21)34(30,31)27-15-3-1-2-4-16-27/h7-14,19H,1-6,15-18H2,(H,26,29)/t19-/m1/s1. The SMILES string of the molecule is O=C(Nc1ccc(S(=O)(=O)N2CCCCCC2)cc1)[C@@H]1CCCN(S(=O)(=O)c2ccc(F)cc2)C1. The van der Waals surface area contributed by atoms with Gasteiger partial charge in [0.1, 0.15) is 5.82 Å². The number of hydrogen-bond acceptors (Lipinski definition) is 5. The van der Waals surface area contributed by atoms with Crippen molar-refractivity contribution in [2.24, 2.45) is 5.92 Å². The summed E-state index contributed by atoms with van der Waals surface area (Å²) in [5.41, 5.74) is 0.448. The number of anilines is 1. The minimum Gasteiger partial charge on any atom is -0.326 e. The Kier molecular flexibility index (Phi) is 7.89. The topological polar surface area (TPSA) is 104 Å². The van der Waals surface area contributed by atoms with Crippen molar-refractivity contribution >= 4 is 31.6 Å². The quantitative estimate of drug-likeness (QED) is 0.625. The van der Waals surface area contributed by atoms with Gasteiger partial charge in [-0.3, -0.25) is 4.79 Å². The molecule has 2 aromatic rings. The van der Waals surface area contributed by atoms with E-state index in [2.05, 4.69) is 5.32 Å². The van der Waals surface area contributed by atoms with Crippen LogP contribution in [-0.4, -0.2) is 57.5 Å². The number of sulfonamides is 2. The lowest BCUT2D eigenvalue weighted by Crippen LogP contribution is -2.43. The number of nitrogens with zero attached hydrogens (tertiary/aromatic N) is 2. The fourth-order valence-electron chi connectivity index (χ4n) is 4.52. The molecule has 1 N–H and O–H groups in total. The van der Waals surface area contributed by atoms with Gasteiger partial charge < -0.3 is 5.32 Å². The van der Waals surface area contributed by atoms with Gasteiger partial charge in [0.25, 0.3) is 0 Å². The molecule has 8 nitrogen and oxygen atoms in total. The van der Waals surface area contributed by atoms with Gasteiger partial charge in [-0.1, -0.05) is 12.8 Å². The van der Waals surface area contributed by atoms with Crippen molar-refractivity contribution in [1.29, 1.82) is 0 Å². The number of benzene rings is 2. The highest BCUT2D eigenvalue weighted by molar-refractivity contribution is 7.89. The van der Waals surface area contributed by atoms with Gasteiger partial charge in [-0.15, -0.1) is 0 Å². The van der Waals surface area contributed by atoms with E-state index < -0.39 is 31.8 Å². The van der Waals surface area contributed by atoms with E-state index in [4.69, 9.17) is 0 Å². The van der Waals surface area contributed by atoms with Crippen molar-refractivity contribution in [2.45, 2.75) is 48.3 Å². The van der Waals surface area contributed by atoms with Crippen molar-refractivity contribution < 1.29 is 26.0 Å². The molecule has 190 valence electrons. The summed E-state index contributed by atoms with van der Waals surface area (Å²) in [5, 5.41) is 2.78. The van der Waals surface area contributed by atoms with E-state index in [1.54, 1.807) is 12.1 Å². The summed E-state index contributed by atoms with van der Waals surface area (Å²) in [7, 11) is -7.42. The van der Waals surface area contributed by atoms with E-state index in [0.29, 0.717) is 31.6 Å². The zero-order valence-corrected chi connectivity index (χ0v) is 21.0. The van der Waals surface area contributed by atoms with Gasteiger partial charge in [0.2, 0.25) is 26.0 Å². The molecule has 1 atom stereocenters. The van der Waals surface area contributed by atoms with Crippen LogP contribution in [-0.2, 0) is 24.8 Å². The molecule has 0 radical (unpaired) electrons. The van der Waals surface area contributed by atoms with Crippen LogP contribution in [0, 0.1) is 11.7 Å². The van der Waals surface area contributed by atoms with Crippen LogP contribution in [0.1, 0.15) is 38.5 Å². The molecule has 0 spiro atoms. The molecule has 2 saturated heterocycles. The lowest BCUT2D eigenvalue weighted by molar-refractivity contribution is -0.120. The first-order valence-corrected chi connectivity index (χ1v) is 14.7. The summed E-state index contributed by atoms with van der Waals surface area (Å²) in [6.07, 6.45) is 4.81. The monoisotopic (exact) mass is 523 g/mol. The summed E-state index contributed by atoms with van der Waals surface area (Å²) in [5.74, 6) is -1.41. The Labute approximate surface area is 206 Å². The van der Waals surface area contributed by atoms with E-state index in [9.17, 15) is 26.0 Å². The highest BCUT2D eigenvalue weighted by Crippen LogP contribution is 2.26. The second kappa shape index (κ2) is 10.7. The second-order valence-corrected chi connectivity index (χ2v) is 12.9. The lowest BCUT2D eigenvalue weighted by Gasteiger charge is -2.31. The van der Waals surface area contributed by atoms with Crippen LogP contribution in [0.15, 0.2) is 58.3 Å². The molecule has 4 rings (SSSR count). The Morgan fingerprint density at radius 1 is 0.743 bits per heavy atom. The maximum atomic E-state index is 13.2. The summed E-state index contributed by atoms with van der Waals surface area (Å²) in [6.45, 7) is 1.33. The molecule has 0 unspecified atom stereocenters. The van der Waals surface area contributed by atoms with Crippen LogP contribution in [0.2, 0.25) is 0 Å². The predicted molar refractivity (Wildman–Crippen MR) is 130 cm³/mol. The maximum Gasteiger partial charge on any atom is 0.243 e. The molecule has 2 aliphatic rings. The van der Waals surface area contributed by atoms with Crippen LogP contribution in [0.4, 0.5) is 10.1 Å². The summed E-state index contributed by atoms with van der Waals surface area (Å²) in [6, 6.07) is 10.7. The predicted octanol–water partition coefficient (Wildman–Crippen LogP) is 3.43. The first kappa shape index (κ1) is 25.7. The Morgan fingerprint density at radius 3 is 1.86 bits per heavy atom. The van der Waals surface area contributed by atoms with Crippen LogP contribution in [0.25, 0.3) is 0 Å². The van der Waals surface area contributed by atoms with E-state index in [1.807, 2.05) is 0 Å². The Balaban J connectivity index is 1.40. The van der Waals surface area contributed by atoms with Gasteiger partial charge in [-0.05, 0) is 74.2 Å². The Hall–Kier alpha value is -2.34. The van der Waals surface area contributed by atoms with Crippen molar-refractivity contribution in [3.05, 3.63) is 54.3 Å². The number of nitrogens with one attached hydrogen (secondary N) is 1. The molecule has 2 aromatic carbocycles. The molecule has 0 saturated carbocycles. The molecule has 0 bridgehead atoms. The normalized spacial score (nSPS) is 20.8. The molecule has 2 aliphatic heterocycles. The van der Waals surface area contributed by atoms with Gasteiger partial charge in [-0.2, -0.15) is 8.61 Å². The third-order valence-electron chi connectivity index (χ3n) is 6.53. The minimum atomic E-state index is -3.84. The molecule has 0 aliphatic carbocycles. The number of amides is 1. The number of piperidine rings is 1. The molecule has 11 heteroatoms. The van der Waals surface area contributed by atoms with Crippen LogP contribution in [0.5, 0.6) is 0 Å². The summed E-state index contributed by atoms with van der Waals surface area (Å²) < 4.78 is 67.7. The average Bonchev–Trinajstić information content (AvgIpc) is 3.15. The molecule has 2 heterocycles. The van der Waals surface area contributed by atoms with Gasteiger partial charge >= 0.3 is 0 Å². The maximum absolute atomic E-state index is 13.2. The molecule has 0 aromatic heterocycles. The van der Waals surface area contributed by atoms with Crippen LogP contribution < -0.4 is 5.32 Å². The first-order valence-electron chi connectivity index (χ1n) is 11.8. The Morgan fingerprint density at radius 2 is 1.26 bits per heavy atom. The van der Waals surface area contributed by atoms with Gasteiger partial charge in [0, 0.05) is 31.9 Å². The Bertz CT molecular complexity index is 1240. The fraction of sp³-hybridized carbons (Fsp3) is 0.458. The number of carbonyl (C=O) groups excluding carboxylic acids is 1. The second-order valence-electron chi connectivity index (χ2n) is 8.99. The highest BCUT2D eigenvalue weighted by Gasteiger charge is 2.33. The van der Waals surface area contributed by atoms with Crippen molar-refractivity contribution in [3.63, 3.8) is 0 Å². The van der Waals surface area contributed by atoms with Gasteiger partial charge in [-0.25, -0.2) is 21.2 Å². The zero-order chi connectivity index (χ0) is 25.1. The minimum absolute atomic E-state index is 0.0128. The highest BCUT2D eigenvalue weighted by atomic mass is 32.2. The average molecular weight is 524 g/mol. The number of rotatable bonds is 6. The fourth-order valence-corrected chi connectivity index (χ4v) is 7.56. The van der Waals surface area contributed by atoms with Crippen LogP contribution >= 0.6 is 0 Å². The van der Waals surface area contributed by atoms with Gasteiger partial charge in [0.15, 0.2) is 0 Å². The third-order valence-corrected chi connectivity index (χ3v) is 10.3. The van der Waals surface area contributed by atoms with Crippen LogP contribution in [0.3, 0.4) is 0 Å². The molecule has 1 amide bonds. The largest absolute Gasteiger partial charge is 0.326 e. The number of halogens is 1. The van der Waals surface area contributed by atoms with Gasteiger partial charge in [0.05, 0.1) is 15.7 Å². The number of carbonyl (C=O) groups is 1. The molecular formula is C24H30FN3O5S2. The zero-order valence-electron chi connectivity index (χ0n) is 19.4.